The third-order valence-corrected chi connectivity index (χ3v) is 15.6. The molecular formula is C60H116O17P2. The molecule has 468 valence electrons. The molecule has 19 heteroatoms. The molecule has 0 spiro atoms. The third kappa shape index (κ3) is 55.0. The van der Waals surface area contributed by atoms with Crippen LogP contribution in [0.3, 0.4) is 0 Å². The second-order valence-corrected chi connectivity index (χ2v) is 25.6. The summed E-state index contributed by atoms with van der Waals surface area (Å²) in [4.78, 5) is 71.9. The maximum Gasteiger partial charge on any atom is 0.472 e. The van der Waals surface area contributed by atoms with Crippen molar-refractivity contribution < 1.29 is 80.2 Å². The van der Waals surface area contributed by atoms with Crippen molar-refractivity contribution in [3.63, 3.8) is 0 Å². The van der Waals surface area contributed by atoms with Crippen LogP contribution >= 0.6 is 15.6 Å². The molecule has 0 aromatic rings. The van der Waals surface area contributed by atoms with Crippen molar-refractivity contribution in [1.29, 1.82) is 0 Å². The topological polar surface area (TPSA) is 237 Å². The van der Waals surface area contributed by atoms with Gasteiger partial charge in [0.05, 0.1) is 26.4 Å². The summed E-state index contributed by atoms with van der Waals surface area (Å²) in [6, 6.07) is 0. The fourth-order valence-electron chi connectivity index (χ4n) is 8.82. The molecule has 0 aromatic heterocycles. The van der Waals surface area contributed by atoms with E-state index in [1.54, 1.807) is 0 Å². The number of esters is 4. The first-order chi connectivity index (χ1) is 37.9. The minimum Gasteiger partial charge on any atom is -0.462 e. The average molecular weight is 1170 g/mol. The number of ether oxygens (including phenoxy) is 4. The molecule has 3 N–H and O–H groups in total. The molecule has 2 unspecified atom stereocenters. The van der Waals surface area contributed by atoms with E-state index in [1.165, 1.54) is 96.3 Å². The summed E-state index contributed by atoms with van der Waals surface area (Å²) in [6.45, 7) is 9.26. The van der Waals surface area contributed by atoms with Gasteiger partial charge in [-0.3, -0.25) is 37.3 Å². The molecule has 0 aromatic carbocycles. The number of phosphoric acid groups is 2. The summed E-state index contributed by atoms with van der Waals surface area (Å²) in [5.74, 6) is -0.798. The van der Waals surface area contributed by atoms with Crippen LogP contribution in [0.2, 0.25) is 0 Å². The zero-order valence-corrected chi connectivity index (χ0v) is 52.4. The lowest BCUT2D eigenvalue weighted by molar-refractivity contribution is -0.161. The van der Waals surface area contributed by atoms with E-state index in [4.69, 9.17) is 37.0 Å². The standard InChI is InChI=1S/C60H116O17P2/c1-7-9-11-13-15-17-18-19-20-21-23-32-38-44-59(64)76-55(49-71-58(63)43-37-31-26-24-28-34-40-52(3)4)50-74-78(66,67)72-46-54(61)47-73-79(68,69)75-51-56(48-70-57(62)42-36-30-22-16-14-12-10-8-2)77-60(65)45-39-33-27-25-29-35-41-53(5)6/h52-56,61H,7-51H2,1-6H3,(H,66,67)(H,68,69)/t54-,55-,56-/m1/s1. The van der Waals surface area contributed by atoms with Crippen molar-refractivity contribution in [3.8, 4) is 0 Å². The predicted molar refractivity (Wildman–Crippen MR) is 312 cm³/mol. The van der Waals surface area contributed by atoms with E-state index in [-0.39, 0.29) is 25.7 Å². The Bertz CT molecular complexity index is 1560. The van der Waals surface area contributed by atoms with Crippen LogP contribution in [-0.4, -0.2) is 96.7 Å². The highest BCUT2D eigenvalue weighted by molar-refractivity contribution is 7.47. The van der Waals surface area contributed by atoms with Gasteiger partial charge in [0.15, 0.2) is 12.2 Å². The van der Waals surface area contributed by atoms with Gasteiger partial charge in [0.2, 0.25) is 0 Å². The Morgan fingerprint density at radius 2 is 0.582 bits per heavy atom. The van der Waals surface area contributed by atoms with Gasteiger partial charge in [-0.05, 0) is 37.5 Å². The minimum atomic E-state index is -4.94. The van der Waals surface area contributed by atoms with E-state index in [2.05, 4.69) is 41.5 Å². The van der Waals surface area contributed by atoms with E-state index >= 15 is 0 Å². The minimum absolute atomic E-state index is 0.102. The first kappa shape index (κ1) is 77.1. The Morgan fingerprint density at radius 3 is 0.861 bits per heavy atom. The first-order valence-corrected chi connectivity index (χ1v) is 34.5. The van der Waals surface area contributed by atoms with Crippen LogP contribution in [0.25, 0.3) is 0 Å². The molecule has 0 fully saturated rings. The maximum absolute atomic E-state index is 12.9. The van der Waals surface area contributed by atoms with Crippen LogP contribution in [0.15, 0.2) is 0 Å². The van der Waals surface area contributed by atoms with Crippen molar-refractivity contribution in [2.75, 3.05) is 39.6 Å². The van der Waals surface area contributed by atoms with Crippen LogP contribution in [0.1, 0.15) is 292 Å². The number of hydrogen-bond donors (Lipinski definition) is 3. The van der Waals surface area contributed by atoms with Crippen LogP contribution < -0.4 is 0 Å². The number of aliphatic hydroxyl groups is 1. The molecule has 0 rings (SSSR count). The lowest BCUT2D eigenvalue weighted by Gasteiger charge is -2.21. The molecule has 0 radical (unpaired) electrons. The Labute approximate surface area is 479 Å². The summed E-state index contributed by atoms with van der Waals surface area (Å²) in [5.41, 5.74) is 0. The Kier molecular flexibility index (Phi) is 51.5. The molecule has 5 atom stereocenters. The van der Waals surface area contributed by atoms with Crippen molar-refractivity contribution in [2.24, 2.45) is 11.8 Å². The van der Waals surface area contributed by atoms with Gasteiger partial charge in [-0.2, -0.15) is 0 Å². The highest BCUT2D eigenvalue weighted by atomic mass is 31.2. The van der Waals surface area contributed by atoms with Crippen molar-refractivity contribution in [3.05, 3.63) is 0 Å². The van der Waals surface area contributed by atoms with E-state index < -0.39 is 97.5 Å². The smallest absolute Gasteiger partial charge is 0.462 e. The quantitative estimate of drug-likeness (QED) is 0.0222. The van der Waals surface area contributed by atoms with Gasteiger partial charge in [-0.25, -0.2) is 9.13 Å². The highest BCUT2D eigenvalue weighted by Crippen LogP contribution is 2.45. The predicted octanol–water partition coefficient (Wildman–Crippen LogP) is 16.1. The molecular weight excluding hydrogens is 1050 g/mol. The number of hydrogen-bond acceptors (Lipinski definition) is 15. The first-order valence-electron chi connectivity index (χ1n) is 31.5. The molecule has 17 nitrogen and oxygen atoms in total. The van der Waals surface area contributed by atoms with Gasteiger partial charge in [0.25, 0.3) is 0 Å². The molecule has 0 bridgehead atoms. The Morgan fingerprint density at radius 1 is 0.342 bits per heavy atom. The Hall–Kier alpha value is -1.94. The number of aliphatic hydroxyl groups excluding tert-OH is 1. The molecule has 0 saturated carbocycles. The van der Waals surface area contributed by atoms with Crippen LogP contribution in [0.5, 0.6) is 0 Å². The van der Waals surface area contributed by atoms with E-state index in [9.17, 15) is 43.2 Å². The summed E-state index contributed by atoms with van der Waals surface area (Å²) in [7, 11) is -9.87. The SMILES string of the molecule is CCCCCCCCCCCCCCCC(=O)O[C@H](COC(=O)CCCCCCCCC(C)C)COP(=O)(O)OC[C@@H](O)COP(=O)(O)OC[C@@H](COC(=O)CCCCCCCCCC)OC(=O)CCCCCCCCC(C)C. The van der Waals surface area contributed by atoms with Gasteiger partial charge in [0.1, 0.15) is 19.3 Å². The summed E-state index contributed by atoms with van der Waals surface area (Å²) >= 11 is 0. The van der Waals surface area contributed by atoms with Crippen molar-refractivity contribution in [1.82, 2.24) is 0 Å². The molecule has 0 amide bonds. The van der Waals surface area contributed by atoms with Crippen molar-refractivity contribution >= 4 is 39.5 Å². The molecule has 0 aliphatic carbocycles. The zero-order chi connectivity index (χ0) is 58.7. The van der Waals surface area contributed by atoms with E-state index in [1.807, 2.05) is 0 Å². The number of phosphoric ester groups is 2. The molecule has 0 aliphatic heterocycles. The van der Waals surface area contributed by atoms with Gasteiger partial charge in [-0.1, -0.05) is 241 Å². The van der Waals surface area contributed by atoms with Crippen molar-refractivity contribution in [2.45, 2.75) is 310 Å². The summed E-state index contributed by atoms with van der Waals surface area (Å²) < 4.78 is 67.7. The maximum atomic E-state index is 12.9. The summed E-state index contributed by atoms with van der Waals surface area (Å²) in [6.07, 6.45) is 33.8. The van der Waals surface area contributed by atoms with E-state index in [0.717, 1.165) is 103 Å². The van der Waals surface area contributed by atoms with Gasteiger partial charge in [0, 0.05) is 25.7 Å². The number of rotatable bonds is 59. The largest absolute Gasteiger partial charge is 0.472 e. The van der Waals surface area contributed by atoms with Crippen LogP contribution in [0, 0.1) is 11.8 Å². The number of carbonyl (C=O) groups excluding carboxylic acids is 4. The average Bonchev–Trinajstić information content (AvgIpc) is 3.40. The van der Waals surface area contributed by atoms with Crippen LogP contribution in [0.4, 0.5) is 0 Å². The number of unbranched alkanes of at least 4 members (excludes halogenated alkanes) is 29. The van der Waals surface area contributed by atoms with Gasteiger partial charge < -0.3 is 33.8 Å². The molecule has 79 heavy (non-hydrogen) atoms. The summed E-state index contributed by atoms with van der Waals surface area (Å²) in [5, 5.41) is 10.5. The molecule has 0 saturated heterocycles. The second kappa shape index (κ2) is 52.8. The zero-order valence-electron chi connectivity index (χ0n) is 50.7. The third-order valence-electron chi connectivity index (χ3n) is 13.7. The highest BCUT2D eigenvalue weighted by Gasteiger charge is 2.30. The van der Waals surface area contributed by atoms with E-state index in [0.29, 0.717) is 37.5 Å². The fourth-order valence-corrected chi connectivity index (χ4v) is 10.4. The number of carbonyl (C=O) groups is 4. The lowest BCUT2D eigenvalue weighted by atomic mass is 10.0. The van der Waals surface area contributed by atoms with Gasteiger partial charge in [-0.15, -0.1) is 0 Å². The molecule has 0 aliphatic rings. The fraction of sp³-hybridized carbons (Fsp3) is 0.933. The molecule has 0 heterocycles. The lowest BCUT2D eigenvalue weighted by Crippen LogP contribution is -2.30. The normalized spacial score (nSPS) is 14.4. The Balaban J connectivity index is 5.22. The van der Waals surface area contributed by atoms with Crippen LogP contribution in [-0.2, 0) is 65.4 Å². The van der Waals surface area contributed by atoms with Gasteiger partial charge >= 0.3 is 39.5 Å². The monoisotopic (exact) mass is 1170 g/mol. The second-order valence-electron chi connectivity index (χ2n) is 22.7.